The SMILES string of the molecule is N#C/C(=C/c1cc(I)c(OCc2ccc(Cl)cc2)c(I)c1)C(=O)Nc1ccc(Cl)cc1[N+](=O)[O-]. The number of carbonyl (C=O) groups is 1. The molecule has 0 fully saturated rings. The third kappa shape index (κ3) is 6.82. The molecular weight excluding hydrogens is 707 g/mol. The van der Waals surface area contributed by atoms with Crippen molar-refractivity contribution in [3.63, 3.8) is 0 Å². The summed E-state index contributed by atoms with van der Waals surface area (Å²) in [5, 5.41) is 24.0. The zero-order valence-corrected chi connectivity index (χ0v) is 22.8. The molecule has 3 aromatic rings. The second kappa shape index (κ2) is 11.8. The Morgan fingerprint density at radius 1 is 1.09 bits per heavy atom. The summed E-state index contributed by atoms with van der Waals surface area (Å²) in [6, 6.07) is 16.6. The summed E-state index contributed by atoms with van der Waals surface area (Å²) in [6.45, 7) is 0.351. The molecule has 0 spiro atoms. The molecule has 172 valence electrons. The lowest BCUT2D eigenvalue weighted by molar-refractivity contribution is -0.383. The van der Waals surface area contributed by atoms with Gasteiger partial charge in [-0.15, -0.1) is 0 Å². The number of nitro groups is 1. The number of nitro benzene ring substituents is 1. The Balaban J connectivity index is 1.80. The number of nitrogens with zero attached hydrogens (tertiary/aromatic N) is 2. The Morgan fingerprint density at radius 2 is 1.71 bits per heavy atom. The van der Waals surface area contributed by atoms with Crippen molar-refractivity contribution in [3.05, 3.63) is 98.6 Å². The molecule has 0 unspecified atom stereocenters. The molecule has 0 aromatic heterocycles. The fourth-order valence-electron chi connectivity index (χ4n) is 2.80. The van der Waals surface area contributed by atoms with Gasteiger partial charge in [-0.05, 0) is 98.8 Å². The lowest BCUT2D eigenvalue weighted by atomic mass is 10.1. The van der Waals surface area contributed by atoms with Crippen molar-refractivity contribution in [2.45, 2.75) is 6.61 Å². The van der Waals surface area contributed by atoms with E-state index in [9.17, 15) is 20.2 Å². The van der Waals surface area contributed by atoms with Crippen LogP contribution in [0.5, 0.6) is 5.75 Å². The summed E-state index contributed by atoms with van der Waals surface area (Å²) in [7, 11) is 0. The maximum absolute atomic E-state index is 12.6. The zero-order chi connectivity index (χ0) is 24.8. The lowest BCUT2D eigenvalue weighted by Crippen LogP contribution is -2.14. The predicted octanol–water partition coefficient (Wildman–Crippen LogP) is 7.24. The molecule has 0 saturated heterocycles. The molecule has 0 bridgehead atoms. The molecular formula is C23H13Cl2I2N3O4. The van der Waals surface area contributed by atoms with Crippen LogP contribution in [0.15, 0.2) is 60.2 Å². The van der Waals surface area contributed by atoms with E-state index in [0.29, 0.717) is 22.9 Å². The third-order valence-corrected chi connectivity index (χ3v) is 6.49. The van der Waals surface area contributed by atoms with E-state index in [-0.39, 0.29) is 22.0 Å². The van der Waals surface area contributed by atoms with Crippen LogP contribution in [0.3, 0.4) is 0 Å². The van der Waals surface area contributed by atoms with E-state index in [1.807, 2.05) is 18.2 Å². The van der Waals surface area contributed by atoms with Crippen LogP contribution in [0.2, 0.25) is 10.0 Å². The summed E-state index contributed by atoms with van der Waals surface area (Å²) in [6.07, 6.45) is 1.41. The van der Waals surface area contributed by atoms with E-state index in [1.165, 1.54) is 18.2 Å². The van der Waals surface area contributed by atoms with Crippen LogP contribution in [0, 0.1) is 28.6 Å². The van der Waals surface area contributed by atoms with Gasteiger partial charge in [0.1, 0.15) is 29.7 Å². The summed E-state index contributed by atoms with van der Waals surface area (Å²) >= 11 is 15.9. The van der Waals surface area contributed by atoms with E-state index >= 15 is 0 Å². The number of anilines is 1. The van der Waals surface area contributed by atoms with Crippen molar-refractivity contribution in [2.24, 2.45) is 0 Å². The Morgan fingerprint density at radius 3 is 2.29 bits per heavy atom. The Kier molecular flexibility index (Phi) is 9.12. The van der Waals surface area contributed by atoms with Gasteiger partial charge in [0.15, 0.2) is 0 Å². The highest BCUT2D eigenvalue weighted by atomic mass is 127. The molecule has 0 aliphatic rings. The van der Waals surface area contributed by atoms with Gasteiger partial charge in [-0.3, -0.25) is 14.9 Å². The van der Waals surface area contributed by atoms with E-state index in [2.05, 4.69) is 50.5 Å². The van der Waals surface area contributed by atoms with Gasteiger partial charge in [-0.2, -0.15) is 5.26 Å². The van der Waals surface area contributed by atoms with Crippen LogP contribution in [0.1, 0.15) is 11.1 Å². The van der Waals surface area contributed by atoms with Gasteiger partial charge in [0.25, 0.3) is 11.6 Å². The minimum Gasteiger partial charge on any atom is -0.487 e. The van der Waals surface area contributed by atoms with Crippen molar-refractivity contribution in [1.29, 1.82) is 5.26 Å². The fourth-order valence-corrected chi connectivity index (χ4v) is 5.22. The minimum atomic E-state index is -0.777. The lowest BCUT2D eigenvalue weighted by Gasteiger charge is -2.12. The molecule has 0 atom stereocenters. The van der Waals surface area contributed by atoms with Crippen LogP contribution in [0.25, 0.3) is 6.08 Å². The minimum absolute atomic E-state index is 0.0596. The van der Waals surface area contributed by atoms with Crippen molar-refractivity contribution in [3.8, 4) is 11.8 Å². The highest BCUT2D eigenvalue weighted by molar-refractivity contribution is 14.1. The van der Waals surface area contributed by atoms with Crippen LogP contribution in [-0.4, -0.2) is 10.8 Å². The number of halogens is 4. The second-order valence-electron chi connectivity index (χ2n) is 6.77. The second-order valence-corrected chi connectivity index (χ2v) is 9.97. The first kappa shape index (κ1) is 26.2. The molecule has 1 amide bonds. The van der Waals surface area contributed by atoms with Crippen molar-refractivity contribution in [2.75, 3.05) is 5.32 Å². The fraction of sp³-hybridized carbons (Fsp3) is 0.0435. The monoisotopic (exact) mass is 719 g/mol. The molecule has 0 saturated carbocycles. The maximum Gasteiger partial charge on any atom is 0.294 e. The van der Waals surface area contributed by atoms with Gasteiger partial charge in [0.05, 0.1) is 12.1 Å². The summed E-state index contributed by atoms with van der Waals surface area (Å²) in [5.41, 5.74) is 0.912. The largest absolute Gasteiger partial charge is 0.487 e. The molecule has 0 radical (unpaired) electrons. The summed E-state index contributed by atoms with van der Waals surface area (Å²) < 4.78 is 7.53. The summed E-state index contributed by atoms with van der Waals surface area (Å²) in [4.78, 5) is 23.2. The normalized spacial score (nSPS) is 11.0. The number of carbonyl (C=O) groups excluding carboxylic acids is 1. The van der Waals surface area contributed by atoms with Crippen molar-refractivity contribution >= 4 is 91.7 Å². The maximum atomic E-state index is 12.6. The molecule has 0 heterocycles. The average molecular weight is 720 g/mol. The smallest absolute Gasteiger partial charge is 0.294 e. The molecule has 1 N–H and O–H groups in total. The van der Waals surface area contributed by atoms with Gasteiger partial charge in [0.2, 0.25) is 0 Å². The predicted molar refractivity (Wildman–Crippen MR) is 148 cm³/mol. The molecule has 0 aliphatic heterocycles. The van der Waals surface area contributed by atoms with E-state index < -0.39 is 10.8 Å². The van der Waals surface area contributed by atoms with Crippen LogP contribution in [0.4, 0.5) is 11.4 Å². The Bertz CT molecular complexity index is 1320. The highest BCUT2D eigenvalue weighted by Gasteiger charge is 2.19. The number of nitrogens with one attached hydrogen (secondary N) is 1. The van der Waals surface area contributed by atoms with Crippen LogP contribution >= 0.6 is 68.4 Å². The molecule has 3 aromatic carbocycles. The van der Waals surface area contributed by atoms with E-state index in [0.717, 1.165) is 18.8 Å². The van der Waals surface area contributed by atoms with Gasteiger partial charge in [-0.1, -0.05) is 35.3 Å². The number of hydrogen-bond donors (Lipinski definition) is 1. The van der Waals surface area contributed by atoms with Gasteiger partial charge in [0, 0.05) is 16.1 Å². The number of hydrogen-bond acceptors (Lipinski definition) is 5. The first-order valence-corrected chi connectivity index (χ1v) is 12.3. The van der Waals surface area contributed by atoms with Crippen LogP contribution in [-0.2, 0) is 11.4 Å². The number of rotatable bonds is 7. The highest BCUT2D eigenvalue weighted by Crippen LogP contribution is 2.31. The average Bonchev–Trinajstić information content (AvgIpc) is 2.79. The standard InChI is InChI=1S/C23H13Cl2I2N3O4/c24-16-3-1-13(2-4-16)12-34-22-18(26)8-14(9-19(22)27)7-15(11-28)23(31)29-20-6-5-17(25)10-21(20)30(32)33/h1-10H,12H2,(H,29,31)/b15-7-. The molecule has 11 heteroatoms. The van der Waals surface area contributed by atoms with Gasteiger partial charge >= 0.3 is 0 Å². The number of amides is 1. The molecule has 7 nitrogen and oxygen atoms in total. The quantitative estimate of drug-likeness (QED) is 0.0912. The molecule has 34 heavy (non-hydrogen) atoms. The van der Waals surface area contributed by atoms with Crippen LogP contribution < -0.4 is 10.1 Å². The van der Waals surface area contributed by atoms with E-state index in [1.54, 1.807) is 24.3 Å². The van der Waals surface area contributed by atoms with Crippen molar-refractivity contribution in [1.82, 2.24) is 0 Å². The van der Waals surface area contributed by atoms with E-state index in [4.69, 9.17) is 27.9 Å². The zero-order valence-electron chi connectivity index (χ0n) is 17.0. The van der Waals surface area contributed by atoms with Crippen molar-refractivity contribution < 1.29 is 14.5 Å². The van der Waals surface area contributed by atoms with Gasteiger partial charge in [-0.25, -0.2) is 0 Å². The number of benzene rings is 3. The Labute approximate surface area is 232 Å². The molecule has 0 aliphatic carbocycles. The van der Waals surface area contributed by atoms with Gasteiger partial charge < -0.3 is 10.1 Å². The topological polar surface area (TPSA) is 105 Å². The first-order valence-electron chi connectivity index (χ1n) is 9.41. The molecule has 3 rings (SSSR count). The number of ether oxygens (including phenoxy) is 1. The summed E-state index contributed by atoms with van der Waals surface area (Å²) in [5.74, 6) is -0.103. The Hall–Kier alpha value is -2.40. The first-order chi connectivity index (χ1) is 16.2. The third-order valence-electron chi connectivity index (χ3n) is 4.40. The number of nitriles is 1.